The van der Waals surface area contributed by atoms with Crippen molar-refractivity contribution in [2.45, 2.75) is 26.2 Å². The molecule has 0 saturated carbocycles. The monoisotopic (exact) mass is 218 g/mol. The van der Waals surface area contributed by atoms with Crippen molar-refractivity contribution in [3.05, 3.63) is 48.0 Å². The minimum absolute atomic E-state index is 0.180. The summed E-state index contributed by atoms with van der Waals surface area (Å²) in [5, 5.41) is 4.15. The van der Waals surface area contributed by atoms with Crippen LogP contribution in [-0.2, 0) is 5.41 Å². The third-order valence-corrected chi connectivity index (χ3v) is 2.49. The molecule has 0 aliphatic rings. The van der Waals surface area contributed by atoms with Crippen molar-refractivity contribution in [1.82, 2.24) is 9.78 Å². The Morgan fingerprint density at radius 1 is 1.19 bits per heavy atom. The van der Waals surface area contributed by atoms with Crippen LogP contribution in [0.15, 0.2) is 36.7 Å². The number of rotatable bonds is 1. The lowest BCUT2D eigenvalue weighted by Gasteiger charge is -2.23. The highest BCUT2D eigenvalue weighted by atomic mass is 19.1. The van der Waals surface area contributed by atoms with Gasteiger partial charge in [-0.15, -0.1) is 0 Å². The highest BCUT2D eigenvalue weighted by Crippen LogP contribution is 2.30. The van der Waals surface area contributed by atoms with E-state index in [0.717, 1.165) is 5.69 Å². The lowest BCUT2D eigenvalue weighted by molar-refractivity contribution is 0.518. The lowest BCUT2D eigenvalue weighted by atomic mass is 9.85. The minimum atomic E-state index is -0.243. The molecule has 1 heterocycles. The Kier molecular flexibility index (Phi) is 2.54. The SMILES string of the molecule is CC(C)(C)c1c(F)cccc1-n1cccn1. The quantitative estimate of drug-likeness (QED) is 0.718. The molecule has 2 nitrogen and oxygen atoms in total. The van der Waals surface area contributed by atoms with Gasteiger partial charge in [-0.1, -0.05) is 26.8 Å². The fourth-order valence-electron chi connectivity index (χ4n) is 1.86. The maximum Gasteiger partial charge on any atom is 0.129 e. The van der Waals surface area contributed by atoms with Crippen LogP contribution in [0.2, 0.25) is 0 Å². The average molecular weight is 218 g/mol. The summed E-state index contributed by atoms with van der Waals surface area (Å²) in [6, 6.07) is 6.92. The zero-order valence-electron chi connectivity index (χ0n) is 9.74. The summed E-state index contributed by atoms with van der Waals surface area (Å²) in [6.45, 7) is 6.00. The number of nitrogens with zero attached hydrogens (tertiary/aromatic N) is 2. The van der Waals surface area contributed by atoms with E-state index in [1.54, 1.807) is 16.9 Å². The van der Waals surface area contributed by atoms with Gasteiger partial charge in [-0.2, -0.15) is 5.10 Å². The predicted molar refractivity (Wildman–Crippen MR) is 62.2 cm³/mol. The number of hydrogen-bond acceptors (Lipinski definition) is 1. The molecule has 1 aromatic carbocycles. The van der Waals surface area contributed by atoms with E-state index in [-0.39, 0.29) is 11.2 Å². The molecule has 3 heteroatoms. The van der Waals surface area contributed by atoms with Crippen molar-refractivity contribution in [2.75, 3.05) is 0 Å². The standard InChI is InChI=1S/C13H15FN2/c1-13(2,3)12-10(14)6-4-7-11(12)16-9-5-8-15-16/h4-9H,1-3H3. The zero-order chi connectivity index (χ0) is 11.8. The summed E-state index contributed by atoms with van der Waals surface area (Å²) in [4.78, 5) is 0. The highest BCUT2D eigenvalue weighted by molar-refractivity contribution is 5.45. The number of benzene rings is 1. The van der Waals surface area contributed by atoms with Gasteiger partial charge in [0, 0.05) is 18.0 Å². The molecule has 0 saturated heterocycles. The second-order valence-corrected chi connectivity index (χ2v) is 4.83. The summed E-state index contributed by atoms with van der Waals surface area (Å²) >= 11 is 0. The van der Waals surface area contributed by atoms with E-state index in [4.69, 9.17) is 0 Å². The number of hydrogen-bond donors (Lipinski definition) is 0. The highest BCUT2D eigenvalue weighted by Gasteiger charge is 2.23. The van der Waals surface area contributed by atoms with Crippen LogP contribution in [0.4, 0.5) is 4.39 Å². The Labute approximate surface area is 94.7 Å². The van der Waals surface area contributed by atoms with Gasteiger partial charge in [0.1, 0.15) is 5.82 Å². The first-order valence-electron chi connectivity index (χ1n) is 5.29. The van der Waals surface area contributed by atoms with E-state index >= 15 is 0 Å². The van der Waals surface area contributed by atoms with Crippen molar-refractivity contribution in [3.63, 3.8) is 0 Å². The van der Waals surface area contributed by atoms with E-state index < -0.39 is 0 Å². The van der Waals surface area contributed by atoms with Gasteiger partial charge in [0.15, 0.2) is 0 Å². The summed E-state index contributed by atoms with van der Waals surface area (Å²) in [5.41, 5.74) is 1.25. The molecule has 1 aromatic heterocycles. The third kappa shape index (κ3) is 1.85. The Hall–Kier alpha value is -1.64. The molecule has 2 aromatic rings. The normalized spacial score (nSPS) is 11.8. The van der Waals surface area contributed by atoms with Crippen LogP contribution in [0.3, 0.4) is 0 Å². The van der Waals surface area contributed by atoms with Crippen LogP contribution in [0, 0.1) is 5.82 Å². The predicted octanol–water partition coefficient (Wildman–Crippen LogP) is 3.31. The van der Waals surface area contributed by atoms with Gasteiger partial charge in [0.05, 0.1) is 5.69 Å². The van der Waals surface area contributed by atoms with E-state index in [0.29, 0.717) is 5.56 Å². The summed E-state index contributed by atoms with van der Waals surface area (Å²) < 4.78 is 15.6. The molecule has 0 aliphatic carbocycles. The van der Waals surface area contributed by atoms with Gasteiger partial charge in [0.2, 0.25) is 0 Å². The largest absolute Gasteiger partial charge is 0.241 e. The van der Waals surface area contributed by atoms with Gasteiger partial charge in [-0.3, -0.25) is 0 Å². The summed E-state index contributed by atoms with van der Waals surface area (Å²) in [7, 11) is 0. The van der Waals surface area contributed by atoms with Gasteiger partial charge < -0.3 is 0 Å². The van der Waals surface area contributed by atoms with Crippen LogP contribution in [0.25, 0.3) is 5.69 Å². The van der Waals surface area contributed by atoms with E-state index in [9.17, 15) is 4.39 Å². The smallest absolute Gasteiger partial charge is 0.129 e. The molecule has 0 unspecified atom stereocenters. The van der Waals surface area contributed by atoms with Crippen molar-refractivity contribution < 1.29 is 4.39 Å². The van der Waals surface area contributed by atoms with Crippen LogP contribution < -0.4 is 0 Å². The molecule has 2 rings (SSSR count). The van der Waals surface area contributed by atoms with Crippen LogP contribution in [0.1, 0.15) is 26.3 Å². The maximum absolute atomic E-state index is 13.9. The molecular formula is C13H15FN2. The van der Waals surface area contributed by atoms with Crippen LogP contribution in [-0.4, -0.2) is 9.78 Å². The minimum Gasteiger partial charge on any atom is -0.241 e. The molecule has 0 N–H and O–H groups in total. The lowest BCUT2D eigenvalue weighted by Crippen LogP contribution is -2.17. The third-order valence-electron chi connectivity index (χ3n) is 2.49. The Bertz CT molecular complexity index is 481. The van der Waals surface area contributed by atoms with Crippen molar-refractivity contribution in [2.24, 2.45) is 0 Å². The zero-order valence-corrected chi connectivity index (χ0v) is 9.74. The number of halogens is 1. The van der Waals surface area contributed by atoms with Gasteiger partial charge in [0.25, 0.3) is 0 Å². The second kappa shape index (κ2) is 3.74. The van der Waals surface area contributed by atoms with Gasteiger partial charge in [-0.25, -0.2) is 9.07 Å². The Balaban J connectivity index is 2.67. The molecule has 0 radical (unpaired) electrons. The molecular weight excluding hydrogens is 203 g/mol. The van der Waals surface area contributed by atoms with Crippen molar-refractivity contribution >= 4 is 0 Å². The fraction of sp³-hybridized carbons (Fsp3) is 0.308. The second-order valence-electron chi connectivity index (χ2n) is 4.83. The Morgan fingerprint density at radius 3 is 2.50 bits per heavy atom. The molecule has 0 spiro atoms. The van der Waals surface area contributed by atoms with Crippen molar-refractivity contribution in [3.8, 4) is 5.69 Å². The first kappa shape index (κ1) is 10.9. The van der Waals surface area contributed by atoms with Crippen LogP contribution >= 0.6 is 0 Å². The molecule has 0 atom stereocenters. The summed E-state index contributed by atoms with van der Waals surface area (Å²) in [6.07, 6.45) is 3.52. The molecule has 16 heavy (non-hydrogen) atoms. The van der Waals surface area contributed by atoms with Gasteiger partial charge >= 0.3 is 0 Å². The number of aromatic nitrogens is 2. The fourth-order valence-corrected chi connectivity index (χ4v) is 1.86. The molecule has 0 amide bonds. The van der Waals surface area contributed by atoms with Crippen LogP contribution in [0.5, 0.6) is 0 Å². The first-order valence-corrected chi connectivity index (χ1v) is 5.29. The maximum atomic E-state index is 13.9. The topological polar surface area (TPSA) is 17.8 Å². The Morgan fingerprint density at radius 2 is 1.94 bits per heavy atom. The van der Waals surface area contributed by atoms with E-state index in [2.05, 4.69) is 5.10 Å². The van der Waals surface area contributed by atoms with Gasteiger partial charge in [-0.05, 0) is 23.6 Å². The molecule has 0 fully saturated rings. The average Bonchev–Trinajstić information content (AvgIpc) is 2.67. The summed E-state index contributed by atoms with van der Waals surface area (Å²) in [5.74, 6) is -0.180. The van der Waals surface area contributed by atoms with E-state index in [1.807, 2.05) is 39.1 Å². The molecule has 0 aliphatic heterocycles. The molecule has 84 valence electrons. The van der Waals surface area contributed by atoms with E-state index in [1.165, 1.54) is 6.07 Å². The first-order chi connectivity index (χ1) is 7.50. The molecule has 0 bridgehead atoms. The van der Waals surface area contributed by atoms with Crippen molar-refractivity contribution in [1.29, 1.82) is 0 Å².